The molecular formula is C55H67FN4O7. The van der Waals surface area contributed by atoms with Gasteiger partial charge in [0.15, 0.2) is 0 Å². The number of hydrogen-bond donors (Lipinski definition) is 2. The van der Waals surface area contributed by atoms with Crippen LogP contribution in [0.4, 0.5) is 10.1 Å². The maximum absolute atomic E-state index is 16.5. The summed E-state index contributed by atoms with van der Waals surface area (Å²) in [5.41, 5.74) is 9.16. The summed E-state index contributed by atoms with van der Waals surface area (Å²) in [6.45, 7) is 10.4. The Bertz CT molecular complexity index is 2440. The first-order valence-electron chi connectivity index (χ1n) is 24.5. The van der Waals surface area contributed by atoms with E-state index in [0.29, 0.717) is 37.6 Å². The van der Waals surface area contributed by atoms with Crippen molar-refractivity contribution in [1.82, 2.24) is 15.1 Å². The molecule has 4 atom stereocenters. The van der Waals surface area contributed by atoms with Crippen LogP contribution in [0.3, 0.4) is 0 Å². The Hall–Kier alpha value is -5.30. The molecule has 4 aromatic carbocycles. The average Bonchev–Trinajstić information content (AvgIpc) is 3.90. The van der Waals surface area contributed by atoms with E-state index in [1.165, 1.54) is 22.3 Å². The van der Waals surface area contributed by atoms with E-state index in [-0.39, 0.29) is 52.9 Å². The second-order valence-corrected chi connectivity index (χ2v) is 20.0. The summed E-state index contributed by atoms with van der Waals surface area (Å²) in [7, 11) is 2.72. The minimum absolute atomic E-state index is 0.000342. The zero-order valence-corrected chi connectivity index (χ0v) is 39.7. The number of fused-ring (bicyclic) bond motifs is 5. The van der Waals surface area contributed by atoms with Crippen LogP contribution in [0.25, 0.3) is 0 Å². The van der Waals surface area contributed by atoms with Crippen molar-refractivity contribution in [1.29, 1.82) is 0 Å². The van der Waals surface area contributed by atoms with Crippen LogP contribution >= 0.6 is 0 Å². The van der Waals surface area contributed by atoms with Gasteiger partial charge in [0.25, 0.3) is 5.91 Å². The zero-order valence-electron chi connectivity index (χ0n) is 39.7. The van der Waals surface area contributed by atoms with Crippen LogP contribution in [0.5, 0.6) is 11.5 Å². The number of likely N-dealkylation sites (tertiary alicyclic amines) is 1. The van der Waals surface area contributed by atoms with Gasteiger partial charge >= 0.3 is 0 Å². The number of rotatable bonds is 11. The van der Waals surface area contributed by atoms with Crippen molar-refractivity contribution >= 4 is 23.9 Å². The van der Waals surface area contributed by atoms with Crippen molar-refractivity contribution in [2.24, 2.45) is 5.92 Å². The zero-order chi connectivity index (χ0) is 46.9. The lowest BCUT2D eigenvalue weighted by atomic mass is 9.69. The van der Waals surface area contributed by atoms with Crippen molar-refractivity contribution in [3.05, 3.63) is 123 Å². The monoisotopic (exact) mass is 914 g/mol. The summed E-state index contributed by atoms with van der Waals surface area (Å²) in [5, 5.41) is 9.19. The molecule has 4 unspecified atom stereocenters. The number of nitrogens with zero attached hydrogens (tertiary/aromatic N) is 3. The second-order valence-electron chi connectivity index (χ2n) is 20.0. The molecule has 2 spiro atoms. The maximum Gasteiger partial charge on any atom is 0.255 e. The fourth-order valence-corrected chi connectivity index (χ4v) is 12.5. The van der Waals surface area contributed by atoms with E-state index in [1.807, 2.05) is 24.8 Å². The molecule has 4 aromatic rings. The number of carbonyl (C=O) groups excluding carboxylic acids is 3. The number of anilines is 1. The van der Waals surface area contributed by atoms with Crippen LogP contribution < -0.4 is 19.7 Å². The minimum Gasteiger partial charge on any atom is -0.496 e. The fourth-order valence-electron chi connectivity index (χ4n) is 12.5. The highest BCUT2D eigenvalue weighted by Gasteiger charge is 2.48. The Kier molecular flexibility index (Phi) is 13.8. The quantitative estimate of drug-likeness (QED) is 0.144. The number of piperidine rings is 2. The number of ether oxygens (including phenoxy) is 3. The van der Waals surface area contributed by atoms with Crippen molar-refractivity contribution in [3.63, 3.8) is 0 Å². The second kappa shape index (κ2) is 19.7. The molecule has 11 nitrogen and oxygen atoms in total. The predicted octanol–water partition coefficient (Wildman–Crippen LogP) is 8.20. The Morgan fingerprint density at radius 2 is 1.72 bits per heavy atom. The summed E-state index contributed by atoms with van der Waals surface area (Å²) < 4.78 is 35.9. The molecule has 3 fully saturated rings. The lowest BCUT2D eigenvalue weighted by molar-refractivity contribution is -0.125. The third kappa shape index (κ3) is 8.97. The van der Waals surface area contributed by atoms with Gasteiger partial charge in [-0.25, -0.2) is 4.39 Å². The molecule has 0 bridgehead atoms. The van der Waals surface area contributed by atoms with Gasteiger partial charge in [-0.3, -0.25) is 19.7 Å². The number of aryl methyl sites for hydroxylation is 2. The summed E-state index contributed by atoms with van der Waals surface area (Å²) in [5.74, 6) is 1.82. The van der Waals surface area contributed by atoms with Crippen LogP contribution in [0.1, 0.15) is 126 Å². The summed E-state index contributed by atoms with van der Waals surface area (Å²) >= 11 is 0. The summed E-state index contributed by atoms with van der Waals surface area (Å²) in [4.78, 5) is 42.9. The van der Waals surface area contributed by atoms with E-state index >= 15 is 4.39 Å². The van der Waals surface area contributed by atoms with Gasteiger partial charge in [0.05, 0.1) is 43.7 Å². The van der Waals surface area contributed by atoms with Crippen LogP contribution in [0.15, 0.2) is 72.8 Å². The normalized spacial score (nSPS) is 23.1. The highest BCUT2D eigenvalue weighted by Crippen LogP contribution is 2.52. The molecule has 6 aliphatic rings. The summed E-state index contributed by atoms with van der Waals surface area (Å²) in [6.07, 6.45) is 9.01. The first-order valence-corrected chi connectivity index (χ1v) is 24.5. The molecule has 5 aliphatic heterocycles. The summed E-state index contributed by atoms with van der Waals surface area (Å²) in [6, 6.07) is 25.1. The number of nitrogens with one attached hydrogen (secondary N) is 1. The maximum atomic E-state index is 16.5. The lowest BCUT2D eigenvalue weighted by Crippen LogP contribution is -2.51. The van der Waals surface area contributed by atoms with Gasteiger partial charge in [-0.1, -0.05) is 60.7 Å². The van der Waals surface area contributed by atoms with E-state index in [0.717, 1.165) is 132 Å². The van der Waals surface area contributed by atoms with Gasteiger partial charge in [0.2, 0.25) is 12.3 Å². The number of benzene rings is 4. The first-order chi connectivity index (χ1) is 32.6. The number of amides is 3. The van der Waals surface area contributed by atoms with E-state index < -0.39 is 0 Å². The molecule has 0 aromatic heterocycles. The van der Waals surface area contributed by atoms with Gasteiger partial charge in [-0.05, 0) is 125 Å². The third-order valence-corrected chi connectivity index (χ3v) is 16.3. The number of aliphatic hydroxyl groups excluding tert-OH is 1. The Morgan fingerprint density at radius 1 is 0.970 bits per heavy atom. The van der Waals surface area contributed by atoms with Crippen LogP contribution in [-0.2, 0) is 32.7 Å². The molecular weight excluding hydrogens is 848 g/mol. The highest BCUT2D eigenvalue weighted by atomic mass is 19.1. The molecule has 10 rings (SSSR count). The van der Waals surface area contributed by atoms with Gasteiger partial charge in [-0.2, -0.15) is 0 Å². The average molecular weight is 915 g/mol. The van der Waals surface area contributed by atoms with E-state index in [1.54, 1.807) is 13.2 Å². The molecule has 3 amide bonds. The molecule has 0 saturated carbocycles. The lowest BCUT2D eigenvalue weighted by Gasteiger charge is -2.47. The topological polar surface area (TPSA) is 121 Å². The highest BCUT2D eigenvalue weighted by molar-refractivity contribution is 6.01. The third-order valence-electron chi connectivity index (χ3n) is 16.3. The van der Waals surface area contributed by atoms with Crippen LogP contribution in [0, 0.1) is 18.7 Å². The first kappa shape index (κ1) is 46.8. The molecule has 67 heavy (non-hydrogen) atoms. The van der Waals surface area contributed by atoms with E-state index in [9.17, 15) is 14.4 Å². The molecule has 3 saturated heterocycles. The number of hydrogen-bond acceptors (Lipinski definition) is 9. The van der Waals surface area contributed by atoms with Crippen molar-refractivity contribution < 1.29 is 38.1 Å². The van der Waals surface area contributed by atoms with Crippen LogP contribution in [-0.4, -0.2) is 105 Å². The largest absolute Gasteiger partial charge is 0.496 e. The Balaban J connectivity index is 0.00000278. The van der Waals surface area contributed by atoms with Gasteiger partial charge in [-0.15, -0.1) is 0 Å². The molecule has 5 heterocycles. The standard InChI is InChI=1S/C54H63FN4O6.CH4O/c1-35-27-44-51(43-31-59(52(62)49(35)43)36(2)13-16-48(61)56-34-60)64-33-53(44)19-23-57(24-20-53)30-37-17-18-54(65-32-37)21-25-58(26-22-54)46-29-47(63-3)42(28-45(46)55)50-40-12-8-7-11-39(40)14-15-41(50)38-9-5-4-6-10-38;1-2/h4-12,27-29,34,36-37,41,50H,13-26,30-33H2,1-3H3,(H,56,60,61);2H,1H3. The molecule has 0 radical (unpaired) electrons. The molecule has 1 aliphatic carbocycles. The molecule has 12 heteroatoms. The number of halogens is 1. The molecule has 356 valence electrons. The smallest absolute Gasteiger partial charge is 0.255 e. The van der Waals surface area contributed by atoms with Crippen LogP contribution in [0.2, 0.25) is 0 Å². The van der Waals surface area contributed by atoms with Crippen molar-refractivity contribution in [2.45, 2.75) is 113 Å². The number of methoxy groups -OCH3 is 1. The number of carbonyl (C=O) groups is 3. The Morgan fingerprint density at radius 3 is 2.43 bits per heavy atom. The van der Waals surface area contributed by atoms with Crippen molar-refractivity contribution in [2.75, 3.05) is 65.1 Å². The van der Waals surface area contributed by atoms with Gasteiger partial charge < -0.3 is 34.0 Å². The Labute approximate surface area is 395 Å². The van der Waals surface area contributed by atoms with Crippen molar-refractivity contribution in [3.8, 4) is 11.5 Å². The van der Waals surface area contributed by atoms with Gasteiger partial charge in [0.1, 0.15) is 17.3 Å². The predicted molar refractivity (Wildman–Crippen MR) is 257 cm³/mol. The minimum atomic E-state index is -0.335. The molecule has 2 N–H and O–H groups in total. The fraction of sp³-hybridized carbons (Fsp3) is 0.509. The number of aliphatic hydroxyl groups is 1. The SMILES string of the molecule is CO.COc1cc(N2CCC3(CCC(CN4CCC5(CC4)COc4c5cc(C)c5c4CN(C(C)CCC(=O)NC=O)C5=O)CO3)CC2)c(F)cc1C1c2ccccc2CCC1c1ccccc1. The van der Waals surface area contributed by atoms with E-state index in [4.69, 9.17) is 19.3 Å². The van der Waals surface area contributed by atoms with Gasteiger partial charge in [0, 0.05) is 73.3 Å². The number of imide groups is 1. The van der Waals surface area contributed by atoms with E-state index in [2.05, 4.69) is 75.8 Å².